The Morgan fingerprint density at radius 2 is 2.08 bits per heavy atom. The van der Waals surface area contributed by atoms with E-state index < -0.39 is 0 Å². The second kappa shape index (κ2) is 1.92. The van der Waals surface area contributed by atoms with Gasteiger partial charge in [0.1, 0.15) is 5.78 Å². The van der Waals surface area contributed by atoms with Gasteiger partial charge in [-0.1, -0.05) is 19.1 Å². The minimum Gasteiger partial charge on any atom is -0.299 e. The van der Waals surface area contributed by atoms with Crippen molar-refractivity contribution in [2.45, 2.75) is 26.7 Å². The van der Waals surface area contributed by atoms with Gasteiger partial charge in [0, 0.05) is 11.3 Å². The number of Topliss-reactive ketones (excluding diaryl/α,β-unsaturated/α-hetero) is 1. The van der Waals surface area contributed by atoms with E-state index in [-0.39, 0.29) is 5.41 Å². The summed E-state index contributed by atoms with van der Waals surface area (Å²) in [7, 11) is 0. The monoisotopic (exact) mass is 176 g/mol. The van der Waals surface area contributed by atoms with E-state index in [1.54, 1.807) is 0 Å². The van der Waals surface area contributed by atoms with E-state index in [0.29, 0.717) is 23.5 Å². The summed E-state index contributed by atoms with van der Waals surface area (Å²) in [6, 6.07) is 0. The summed E-state index contributed by atoms with van der Waals surface area (Å²) in [6.45, 7) is 8.27. The molecule has 0 aromatic heterocycles. The third kappa shape index (κ3) is 0.651. The van der Waals surface area contributed by atoms with E-state index in [9.17, 15) is 4.79 Å². The summed E-state index contributed by atoms with van der Waals surface area (Å²) in [5.74, 6) is 2.89. The first kappa shape index (κ1) is 7.78. The molecular formula is C12H16O. The molecule has 0 radical (unpaired) electrons. The van der Waals surface area contributed by atoms with E-state index >= 15 is 0 Å². The summed E-state index contributed by atoms with van der Waals surface area (Å²) >= 11 is 0. The number of hydrogen-bond donors (Lipinski definition) is 0. The second-order valence-corrected chi connectivity index (χ2v) is 5.39. The minimum absolute atomic E-state index is 0.122. The fourth-order valence-electron chi connectivity index (χ4n) is 3.99. The summed E-state index contributed by atoms with van der Waals surface area (Å²) in [4.78, 5) is 12.0. The molecule has 1 nitrogen and oxygen atoms in total. The predicted molar refractivity (Wildman–Crippen MR) is 51.1 cm³/mol. The number of fused-ring (bicyclic) bond motifs is 1. The molecule has 0 spiro atoms. The van der Waals surface area contributed by atoms with Crippen LogP contribution in [0, 0.1) is 29.1 Å². The largest absolute Gasteiger partial charge is 0.299 e. The molecule has 1 heteroatoms. The fraction of sp³-hybridized carbons (Fsp3) is 0.750. The molecule has 5 atom stereocenters. The quantitative estimate of drug-likeness (QED) is 0.561. The summed E-state index contributed by atoms with van der Waals surface area (Å²) in [5, 5.41) is 0. The first-order valence-electron chi connectivity index (χ1n) is 5.26. The van der Waals surface area contributed by atoms with Crippen LogP contribution in [0.25, 0.3) is 0 Å². The molecular weight excluding hydrogens is 160 g/mol. The molecule has 4 fully saturated rings. The predicted octanol–water partition coefficient (Wildman–Crippen LogP) is 2.42. The molecule has 0 N–H and O–H groups in total. The van der Waals surface area contributed by atoms with Crippen LogP contribution in [0.1, 0.15) is 26.7 Å². The number of ketones is 1. The van der Waals surface area contributed by atoms with Gasteiger partial charge in [-0.15, -0.1) is 0 Å². The highest BCUT2D eigenvalue weighted by Crippen LogP contribution is 2.75. The molecule has 4 aliphatic rings. The van der Waals surface area contributed by atoms with Crippen molar-refractivity contribution in [3.05, 3.63) is 12.2 Å². The highest BCUT2D eigenvalue weighted by Gasteiger charge is 2.75. The van der Waals surface area contributed by atoms with Gasteiger partial charge in [-0.2, -0.15) is 0 Å². The van der Waals surface area contributed by atoms with E-state index in [4.69, 9.17) is 0 Å². The van der Waals surface area contributed by atoms with E-state index in [1.165, 1.54) is 12.0 Å². The Morgan fingerprint density at radius 1 is 1.46 bits per heavy atom. The van der Waals surface area contributed by atoms with Crippen molar-refractivity contribution in [1.29, 1.82) is 0 Å². The topological polar surface area (TPSA) is 17.1 Å². The average molecular weight is 176 g/mol. The Bertz CT molecular complexity index is 317. The highest BCUT2D eigenvalue weighted by molar-refractivity contribution is 5.94. The summed E-state index contributed by atoms with van der Waals surface area (Å²) < 4.78 is 0. The maximum absolute atomic E-state index is 12.0. The number of hydrogen-bond acceptors (Lipinski definition) is 1. The van der Waals surface area contributed by atoms with Crippen molar-refractivity contribution in [1.82, 2.24) is 0 Å². The number of rotatable bonds is 1. The van der Waals surface area contributed by atoms with Crippen molar-refractivity contribution in [2.75, 3.05) is 0 Å². The van der Waals surface area contributed by atoms with E-state index in [1.807, 2.05) is 0 Å². The highest BCUT2D eigenvalue weighted by atomic mass is 16.1. The van der Waals surface area contributed by atoms with Gasteiger partial charge in [0.2, 0.25) is 0 Å². The number of allylic oxidation sites excluding steroid dienone is 1. The Morgan fingerprint density at radius 3 is 2.46 bits per heavy atom. The molecule has 70 valence electrons. The van der Waals surface area contributed by atoms with Crippen LogP contribution in [-0.4, -0.2) is 5.78 Å². The van der Waals surface area contributed by atoms with E-state index in [0.717, 1.165) is 12.3 Å². The molecule has 0 aromatic rings. The zero-order valence-corrected chi connectivity index (χ0v) is 8.34. The second-order valence-electron chi connectivity index (χ2n) is 5.39. The molecule has 4 saturated carbocycles. The van der Waals surface area contributed by atoms with Crippen molar-refractivity contribution in [3.63, 3.8) is 0 Å². The molecule has 4 aliphatic carbocycles. The molecule has 4 bridgehead atoms. The van der Waals surface area contributed by atoms with Crippen LogP contribution >= 0.6 is 0 Å². The van der Waals surface area contributed by atoms with Crippen molar-refractivity contribution < 1.29 is 4.79 Å². The van der Waals surface area contributed by atoms with Crippen molar-refractivity contribution in [2.24, 2.45) is 29.1 Å². The van der Waals surface area contributed by atoms with Crippen LogP contribution in [0.3, 0.4) is 0 Å². The zero-order valence-electron chi connectivity index (χ0n) is 8.34. The van der Waals surface area contributed by atoms with Gasteiger partial charge in [-0.25, -0.2) is 0 Å². The lowest BCUT2D eigenvalue weighted by Gasteiger charge is -2.32. The number of carbonyl (C=O) groups excluding carboxylic acids is 1. The van der Waals surface area contributed by atoms with Crippen LogP contribution in [0.4, 0.5) is 0 Å². The Hall–Kier alpha value is -0.590. The molecule has 0 saturated heterocycles. The molecule has 4 rings (SSSR count). The first-order chi connectivity index (χ1) is 6.06. The minimum atomic E-state index is 0.122. The van der Waals surface area contributed by atoms with Crippen LogP contribution in [0.15, 0.2) is 12.2 Å². The van der Waals surface area contributed by atoms with Crippen LogP contribution < -0.4 is 0 Å². The van der Waals surface area contributed by atoms with E-state index in [2.05, 4.69) is 20.4 Å². The van der Waals surface area contributed by atoms with Crippen LogP contribution in [0.2, 0.25) is 0 Å². The molecule has 0 aromatic carbocycles. The lowest BCUT2D eigenvalue weighted by atomic mass is 9.70. The standard InChI is InChI=1S/C12H16O/c1-6(2)7-4-9-10-5-8(7)11(13)12(9,10)3/h7-10H,1,4-5H2,2-3H3. The smallest absolute Gasteiger partial charge is 0.143 e. The molecule has 0 amide bonds. The maximum Gasteiger partial charge on any atom is 0.143 e. The van der Waals surface area contributed by atoms with Crippen LogP contribution in [0.5, 0.6) is 0 Å². The Balaban J connectivity index is 1.97. The molecule has 13 heavy (non-hydrogen) atoms. The molecule has 5 unspecified atom stereocenters. The molecule has 0 heterocycles. The maximum atomic E-state index is 12.0. The lowest BCUT2D eigenvalue weighted by molar-refractivity contribution is -0.129. The normalized spacial score (nSPS) is 56.6. The van der Waals surface area contributed by atoms with Gasteiger partial charge in [0.25, 0.3) is 0 Å². The van der Waals surface area contributed by atoms with Gasteiger partial charge < -0.3 is 0 Å². The van der Waals surface area contributed by atoms with Crippen LogP contribution in [-0.2, 0) is 4.79 Å². The van der Waals surface area contributed by atoms with Crippen molar-refractivity contribution >= 4 is 5.78 Å². The third-order valence-electron chi connectivity index (χ3n) is 4.92. The zero-order chi connectivity index (χ0) is 9.38. The van der Waals surface area contributed by atoms with Gasteiger partial charge >= 0.3 is 0 Å². The van der Waals surface area contributed by atoms with Gasteiger partial charge in [-0.05, 0) is 37.5 Å². The lowest BCUT2D eigenvalue weighted by Crippen LogP contribution is -2.33. The van der Waals surface area contributed by atoms with Gasteiger partial charge in [0.05, 0.1) is 0 Å². The Kier molecular flexibility index (Phi) is 1.15. The van der Waals surface area contributed by atoms with Gasteiger partial charge in [0.15, 0.2) is 0 Å². The van der Waals surface area contributed by atoms with Gasteiger partial charge in [-0.3, -0.25) is 4.79 Å². The SMILES string of the molecule is C=C(C)C1CC2C3CC1C(=O)C23C. The number of carbonyl (C=O) groups is 1. The summed E-state index contributed by atoms with van der Waals surface area (Å²) in [6.07, 6.45) is 2.41. The fourth-order valence-corrected chi connectivity index (χ4v) is 3.99. The first-order valence-corrected chi connectivity index (χ1v) is 5.26. The molecule has 0 aliphatic heterocycles. The average Bonchev–Trinajstić information content (AvgIpc) is 2.62. The van der Waals surface area contributed by atoms with Crippen molar-refractivity contribution in [3.8, 4) is 0 Å². The Labute approximate surface area is 79.2 Å². The third-order valence-corrected chi connectivity index (χ3v) is 4.92. The summed E-state index contributed by atoms with van der Waals surface area (Å²) in [5.41, 5.74) is 1.35.